The van der Waals surface area contributed by atoms with E-state index in [4.69, 9.17) is 5.73 Å². The van der Waals surface area contributed by atoms with Gasteiger partial charge in [0.15, 0.2) is 0 Å². The van der Waals surface area contributed by atoms with E-state index in [-0.39, 0.29) is 11.2 Å². The molecule has 0 aliphatic carbocycles. The lowest BCUT2D eigenvalue weighted by Crippen LogP contribution is -2.12. The van der Waals surface area contributed by atoms with Crippen LogP contribution in [0.5, 0.6) is 5.75 Å². The molecule has 0 aliphatic heterocycles. The van der Waals surface area contributed by atoms with E-state index in [0.29, 0.717) is 5.69 Å². The van der Waals surface area contributed by atoms with Crippen LogP contribution in [0.1, 0.15) is 26.3 Å². The summed E-state index contributed by atoms with van der Waals surface area (Å²) in [7, 11) is 0. The lowest BCUT2D eigenvalue weighted by atomic mass is 9.86. The van der Waals surface area contributed by atoms with E-state index in [1.165, 1.54) is 0 Å². The van der Waals surface area contributed by atoms with Crippen LogP contribution in [0.25, 0.3) is 0 Å². The minimum Gasteiger partial charge on any atom is -0.505 e. The summed E-state index contributed by atoms with van der Waals surface area (Å²) in [5.74, 6) is 0.190. The molecular formula is C10H14BrNO. The summed E-state index contributed by atoms with van der Waals surface area (Å²) in [6, 6.07) is 3.59. The van der Waals surface area contributed by atoms with Crippen molar-refractivity contribution >= 4 is 21.6 Å². The summed E-state index contributed by atoms with van der Waals surface area (Å²) in [6.45, 7) is 6.11. The second kappa shape index (κ2) is 3.22. The predicted octanol–water partition coefficient (Wildman–Crippen LogP) is 3.03. The fraction of sp³-hybridized carbons (Fsp3) is 0.400. The van der Waals surface area contributed by atoms with E-state index in [2.05, 4.69) is 15.9 Å². The molecule has 0 amide bonds. The third kappa shape index (κ3) is 2.15. The van der Waals surface area contributed by atoms with Gasteiger partial charge in [-0.15, -0.1) is 0 Å². The number of rotatable bonds is 0. The molecular weight excluding hydrogens is 230 g/mol. The number of hydrogen-bond donors (Lipinski definition) is 2. The van der Waals surface area contributed by atoms with Gasteiger partial charge in [0.1, 0.15) is 5.75 Å². The number of benzene rings is 1. The van der Waals surface area contributed by atoms with Crippen molar-refractivity contribution in [3.8, 4) is 5.75 Å². The fourth-order valence-electron chi connectivity index (χ4n) is 1.19. The standard InChI is InChI=1S/C10H14BrNO/c1-10(2,3)7-4-6(11)5-8(12)9(7)13/h4-5,13H,12H2,1-3H3. The number of phenols is 1. The Labute approximate surface area is 86.9 Å². The molecule has 72 valence electrons. The predicted molar refractivity (Wildman–Crippen MR) is 58.9 cm³/mol. The molecule has 13 heavy (non-hydrogen) atoms. The highest BCUT2D eigenvalue weighted by Crippen LogP contribution is 2.37. The minimum absolute atomic E-state index is 0.0953. The maximum absolute atomic E-state index is 9.71. The van der Waals surface area contributed by atoms with E-state index in [1.54, 1.807) is 6.07 Å². The zero-order valence-electron chi connectivity index (χ0n) is 8.06. The van der Waals surface area contributed by atoms with Crippen molar-refractivity contribution < 1.29 is 5.11 Å². The first-order chi connectivity index (χ1) is 5.82. The summed E-state index contributed by atoms with van der Waals surface area (Å²) in [5.41, 5.74) is 6.82. The smallest absolute Gasteiger partial charge is 0.142 e. The van der Waals surface area contributed by atoms with E-state index in [0.717, 1.165) is 10.0 Å². The third-order valence-electron chi connectivity index (χ3n) is 1.91. The summed E-state index contributed by atoms with van der Waals surface area (Å²) in [5, 5.41) is 9.71. The van der Waals surface area contributed by atoms with E-state index in [9.17, 15) is 5.11 Å². The van der Waals surface area contributed by atoms with Gasteiger partial charge < -0.3 is 10.8 Å². The average molecular weight is 244 g/mol. The van der Waals surface area contributed by atoms with Crippen LogP contribution in [0.4, 0.5) is 5.69 Å². The summed E-state index contributed by atoms with van der Waals surface area (Å²) in [6.07, 6.45) is 0. The van der Waals surface area contributed by atoms with Crippen LogP contribution in [0.3, 0.4) is 0 Å². The molecule has 0 atom stereocenters. The highest BCUT2D eigenvalue weighted by atomic mass is 79.9. The van der Waals surface area contributed by atoms with Gasteiger partial charge in [-0.25, -0.2) is 0 Å². The number of nitrogen functional groups attached to an aromatic ring is 1. The molecule has 0 aliphatic rings. The van der Waals surface area contributed by atoms with Crippen molar-refractivity contribution in [1.29, 1.82) is 0 Å². The molecule has 0 saturated carbocycles. The van der Waals surface area contributed by atoms with Gasteiger partial charge in [-0.05, 0) is 17.5 Å². The zero-order chi connectivity index (χ0) is 10.2. The van der Waals surface area contributed by atoms with Crippen LogP contribution in [0.2, 0.25) is 0 Å². The van der Waals surface area contributed by atoms with Crippen LogP contribution >= 0.6 is 15.9 Å². The van der Waals surface area contributed by atoms with Crippen molar-refractivity contribution in [2.75, 3.05) is 5.73 Å². The van der Waals surface area contributed by atoms with Gasteiger partial charge in [-0.1, -0.05) is 36.7 Å². The SMILES string of the molecule is CC(C)(C)c1cc(Br)cc(N)c1O. The molecule has 0 spiro atoms. The van der Waals surface area contributed by atoms with Crippen LogP contribution in [0.15, 0.2) is 16.6 Å². The lowest BCUT2D eigenvalue weighted by Gasteiger charge is -2.21. The molecule has 0 radical (unpaired) electrons. The molecule has 1 rings (SSSR count). The molecule has 2 nitrogen and oxygen atoms in total. The molecule has 1 aromatic carbocycles. The van der Waals surface area contributed by atoms with E-state index >= 15 is 0 Å². The van der Waals surface area contributed by atoms with Crippen LogP contribution in [0, 0.1) is 0 Å². The maximum Gasteiger partial charge on any atom is 0.142 e. The number of nitrogens with two attached hydrogens (primary N) is 1. The molecule has 0 saturated heterocycles. The average Bonchev–Trinajstić information content (AvgIpc) is 1.94. The highest BCUT2D eigenvalue weighted by Gasteiger charge is 2.19. The molecule has 0 fully saturated rings. The Balaban J connectivity index is 3.37. The molecule has 0 heterocycles. The zero-order valence-corrected chi connectivity index (χ0v) is 9.64. The first-order valence-corrected chi connectivity index (χ1v) is 4.90. The Morgan fingerprint density at radius 1 is 1.31 bits per heavy atom. The van der Waals surface area contributed by atoms with Crippen molar-refractivity contribution in [3.63, 3.8) is 0 Å². The second-order valence-electron chi connectivity index (χ2n) is 4.14. The fourth-order valence-corrected chi connectivity index (χ4v) is 1.67. The normalized spacial score (nSPS) is 11.7. The Morgan fingerprint density at radius 3 is 2.31 bits per heavy atom. The molecule has 3 heteroatoms. The van der Waals surface area contributed by atoms with Gasteiger partial charge in [-0.3, -0.25) is 0 Å². The first kappa shape index (κ1) is 10.4. The number of phenolic OH excluding ortho intramolecular Hbond substituents is 1. The first-order valence-electron chi connectivity index (χ1n) is 4.11. The summed E-state index contributed by atoms with van der Waals surface area (Å²) in [4.78, 5) is 0. The van der Waals surface area contributed by atoms with E-state index in [1.807, 2.05) is 26.8 Å². The van der Waals surface area contributed by atoms with Crippen LogP contribution in [-0.2, 0) is 5.41 Å². The van der Waals surface area contributed by atoms with Gasteiger partial charge in [0.05, 0.1) is 5.69 Å². The van der Waals surface area contributed by atoms with Gasteiger partial charge in [-0.2, -0.15) is 0 Å². The Bertz CT molecular complexity index is 328. The highest BCUT2D eigenvalue weighted by molar-refractivity contribution is 9.10. The number of aromatic hydroxyl groups is 1. The number of halogens is 1. The van der Waals surface area contributed by atoms with Crippen LogP contribution in [-0.4, -0.2) is 5.11 Å². The number of hydrogen-bond acceptors (Lipinski definition) is 2. The van der Waals surface area contributed by atoms with Crippen LogP contribution < -0.4 is 5.73 Å². The van der Waals surface area contributed by atoms with Gasteiger partial charge in [0.25, 0.3) is 0 Å². The molecule has 0 aromatic heterocycles. The van der Waals surface area contributed by atoms with Crippen molar-refractivity contribution in [2.45, 2.75) is 26.2 Å². The Morgan fingerprint density at radius 2 is 1.85 bits per heavy atom. The molecule has 0 unspecified atom stereocenters. The van der Waals surface area contributed by atoms with Gasteiger partial charge >= 0.3 is 0 Å². The monoisotopic (exact) mass is 243 g/mol. The van der Waals surface area contributed by atoms with Gasteiger partial charge in [0, 0.05) is 10.0 Å². The topological polar surface area (TPSA) is 46.2 Å². The molecule has 0 bridgehead atoms. The van der Waals surface area contributed by atoms with Gasteiger partial charge in [0.2, 0.25) is 0 Å². The molecule has 1 aromatic rings. The van der Waals surface area contributed by atoms with Crippen molar-refractivity contribution in [2.24, 2.45) is 0 Å². The Hall–Kier alpha value is -0.700. The Kier molecular flexibility index (Phi) is 2.57. The lowest BCUT2D eigenvalue weighted by molar-refractivity contribution is 0.449. The summed E-state index contributed by atoms with van der Waals surface area (Å²) >= 11 is 3.35. The second-order valence-corrected chi connectivity index (χ2v) is 5.06. The largest absolute Gasteiger partial charge is 0.505 e. The third-order valence-corrected chi connectivity index (χ3v) is 2.37. The minimum atomic E-state index is -0.0953. The van der Waals surface area contributed by atoms with Crippen molar-refractivity contribution in [3.05, 3.63) is 22.2 Å². The van der Waals surface area contributed by atoms with Crippen molar-refractivity contribution in [1.82, 2.24) is 0 Å². The van der Waals surface area contributed by atoms with E-state index < -0.39 is 0 Å². The maximum atomic E-state index is 9.71. The molecule has 3 N–H and O–H groups in total. The number of anilines is 1. The quantitative estimate of drug-likeness (QED) is 0.544. The summed E-state index contributed by atoms with van der Waals surface area (Å²) < 4.78 is 0.896.